The van der Waals surface area contributed by atoms with Crippen molar-refractivity contribution in [2.75, 3.05) is 20.8 Å². The first-order valence-electron chi connectivity index (χ1n) is 4.98. The molecule has 2 N–H and O–H groups in total. The highest BCUT2D eigenvalue weighted by atomic mass is 19.3. The van der Waals surface area contributed by atoms with E-state index in [-0.39, 0.29) is 17.9 Å². The van der Waals surface area contributed by atoms with Gasteiger partial charge in [0.1, 0.15) is 11.5 Å². The molecule has 1 aromatic carbocycles. The van der Waals surface area contributed by atoms with Gasteiger partial charge < -0.3 is 14.3 Å². The first-order chi connectivity index (χ1) is 8.13. The van der Waals surface area contributed by atoms with Crippen molar-refractivity contribution >= 4 is 0 Å². The zero-order chi connectivity index (χ0) is 12.8. The maximum absolute atomic E-state index is 12.7. The van der Waals surface area contributed by atoms with E-state index >= 15 is 0 Å². The summed E-state index contributed by atoms with van der Waals surface area (Å²) in [5.41, 5.74) is 0.515. The number of hydrogen-bond donors (Lipinski definition) is 1. The van der Waals surface area contributed by atoms with E-state index in [4.69, 9.17) is 15.4 Å². The van der Waals surface area contributed by atoms with Crippen LogP contribution >= 0.6 is 0 Å². The SMILES string of the molecule is COc1cc(C(F)F)c(OC)cc1CCON. The van der Waals surface area contributed by atoms with Gasteiger partial charge in [-0.1, -0.05) is 0 Å². The fourth-order valence-corrected chi connectivity index (χ4v) is 1.52. The zero-order valence-corrected chi connectivity index (χ0v) is 9.70. The number of nitrogens with two attached hydrogens (primary N) is 1. The molecular weight excluding hydrogens is 232 g/mol. The molecule has 0 spiro atoms. The molecular formula is C11H15F2NO3. The van der Waals surface area contributed by atoms with Crippen LogP contribution < -0.4 is 15.4 Å². The van der Waals surface area contributed by atoms with Crippen LogP contribution in [0.1, 0.15) is 17.6 Å². The van der Waals surface area contributed by atoms with E-state index in [1.54, 1.807) is 0 Å². The van der Waals surface area contributed by atoms with E-state index in [1.807, 2.05) is 0 Å². The molecule has 0 saturated heterocycles. The smallest absolute Gasteiger partial charge is 0.267 e. The van der Waals surface area contributed by atoms with E-state index in [0.717, 1.165) is 0 Å². The summed E-state index contributed by atoms with van der Waals surface area (Å²) in [7, 11) is 2.76. The number of methoxy groups -OCH3 is 2. The minimum Gasteiger partial charge on any atom is -0.496 e. The molecule has 0 aliphatic carbocycles. The van der Waals surface area contributed by atoms with Crippen LogP contribution in [-0.2, 0) is 11.3 Å². The molecule has 17 heavy (non-hydrogen) atoms. The molecule has 1 rings (SSSR count). The number of alkyl halides is 2. The van der Waals surface area contributed by atoms with E-state index in [1.165, 1.54) is 26.4 Å². The van der Waals surface area contributed by atoms with Crippen LogP contribution in [0.2, 0.25) is 0 Å². The van der Waals surface area contributed by atoms with Crippen molar-refractivity contribution in [1.82, 2.24) is 0 Å². The lowest BCUT2D eigenvalue weighted by Gasteiger charge is -2.14. The van der Waals surface area contributed by atoms with Crippen molar-refractivity contribution in [2.45, 2.75) is 12.8 Å². The van der Waals surface area contributed by atoms with Gasteiger partial charge in [0.25, 0.3) is 6.43 Å². The lowest BCUT2D eigenvalue weighted by atomic mass is 10.1. The molecule has 0 heterocycles. The number of hydrogen-bond acceptors (Lipinski definition) is 4. The minimum absolute atomic E-state index is 0.132. The summed E-state index contributed by atoms with van der Waals surface area (Å²) in [5, 5.41) is 0. The summed E-state index contributed by atoms with van der Waals surface area (Å²) in [5.74, 6) is 5.43. The van der Waals surface area contributed by atoms with Gasteiger partial charge in [-0.15, -0.1) is 0 Å². The predicted molar refractivity (Wildman–Crippen MR) is 58.3 cm³/mol. The van der Waals surface area contributed by atoms with Gasteiger partial charge in [-0.05, 0) is 12.1 Å². The zero-order valence-electron chi connectivity index (χ0n) is 9.70. The van der Waals surface area contributed by atoms with E-state index in [9.17, 15) is 8.78 Å². The summed E-state index contributed by atoms with van der Waals surface area (Å²) in [6.07, 6.45) is -2.15. The molecule has 0 fully saturated rings. The Labute approximate surface area is 98.2 Å². The van der Waals surface area contributed by atoms with Crippen LogP contribution in [-0.4, -0.2) is 20.8 Å². The molecule has 96 valence electrons. The summed E-state index contributed by atoms with van der Waals surface area (Å²) in [6, 6.07) is 2.79. The van der Waals surface area contributed by atoms with Crippen molar-refractivity contribution in [2.24, 2.45) is 5.90 Å². The second-order valence-electron chi connectivity index (χ2n) is 3.33. The van der Waals surface area contributed by atoms with Crippen LogP contribution in [0.4, 0.5) is 8.78 Å². The Morgan fingerprint density at radius 3 is 2.29 bits per heavy atom. The fraction of sp³-hybridized carbons (Fsp3) is 0.455. The van der Waals surface area contributed by atoms with E-state index in [2.05, 4.69) is 4.84 Å². The third kappa shape index (κ3) is 3.28. The molecule has 0 radical (unpaired) electrons. The van der Waals surface area contributed by atoms with Crippen LogP contribution in [0.25, 0.3) is 0 Å². The van der Waals surface area contributed by atoms with Gasteiger partial charge in [0.15, 0.2) is 0 Å². The molecule has 0 saturated carbocycles. The first-order valence-corrected chi connectivity index (χ1v) is 4.98. The summed E-state index contributed by atoms with van der Waals surface area (Å²) in [4.78, 5) is 4.45. The molecule has 0 bridgehead atoms. The molecule has 0 aliphatic heterocycles. The highest BCUT2D eigenvalue weighted by Gasteiger charge is 2.17. The largest absolute Gasteiger partial charge is 0.496 e. The van der Waals surface area contributed by atoms with Crippen molar-refractivity contribution in [1.29, 1.82) is 0 Å². The van der Waals surface area contributed by atoms with Crippen molar-refractivity contribution < 1.29 is 23.1 Å². The first kappa shape index (κ1) is 13.7. The number of halogens is 2. The van der Waals surface area contributed by atoms with E-state index in [0.29, 0.717) is 17.7 Å². The monoisotopic (exact) mass is 247 g/mol. The molecule has 0 amide bonds. The standard InChI is InChI=1S/C11H15F2NO3/c1-15-9-6-8(11(12)13)10(16-2)5-7(9)3-4-17-14/h5-6,11H,3-4,14H2,1-2H3. The fourth-order valence-electron chi connectivity index (χ4n) is 1.52. The molecule has 4 nitrogen and oxygen atoms in total. The normalized spacial score (nSPS) is 10.7. The van der Waals surface area contributed by atoms with Crippen molar-refractivity contribution in [3.63, 3.8) is 0 Å². The number of rotatable bonds is 6. The van der Waals surface area contributed by atoms with Crippen LogP contribution in [0.5, 0.6) is 11.5 Å². The maximum atomic E-state index is 12.7. The van der Waals surface area contributed by atoms with Crippen molar-refractivity contribution in [3.8, 4) is 11.5 Å². The molecule has 0 aromatic heterocycles. The van der Waals surface area contributed by atoms with Gasteiger partial charge >= 0.3 is 0 Å². The molecule has 0 unspecified atom stereocenters. The van der Waals surface area contributed by atoms with Gasteiger partial charge in [0.2, 0.25) is 0 Å². The Morgan fingerprint density at radius 2 is 1.82 bits per heavy atom. The Bertz CT molecular complexity index is 372. The van der Waals surface area contributed by atoms with Crippen LogP contribution in [0.15, 0.2) is 12.1 Å². The average molecular weight is 247 g/mol. The Morgan fingerprint density at radius 1 is 1.18 bits per heavy atom. The molecule has 1 aromatic rings. The molecule has 0 aliphatic rings. The number of ether oxygens (including phenoxy) is 2. The summed E-state index contributed by atoms with van der Waals surface area (Å²) >= 11 is 0. The van der Waals surface area contributed by atoms with Crippen molar-refractivity contribution in [3.05, 3.63) is 23.3 Å². The molecule has 6 heteroatoms. The minimum atomic E-state index is -2.61. The lowest BCUT2D eigenvalue weighted by Crippen LogP contribution is -2.06. The lowest BCUT2D eigenvalue weighted by molar-refractivity contribution is 0.140. The summed E-state index contributed by atoms with van der Waals surface area (Å²) < 4.78 is 35.4. The Kier molecular flexibility index (Phi) is 5.11. The Hall–Kier alpha value is -1.40. The maximum Gasteiger partial charge on any atom is 0.267 e. The topological polar surface area (TPSA) is 53.7 Å². The average Bonchev–Trinajstić information content (AvgIpc) is 2.34. The van der Waals surface area contributed by atoms with Gasteiger partial charge in [-0.3, -0.25) is 0 Å². The van der Waals surface area contributed by atoms with Gasteiger partial charge in [0, 0.05) is 12.0 Å². The second-order valence-corrected chi connectivity index (χ2v) is 3.33. The van der Waals surface area contributed by atoms with Gasteiger partial charge in [-0.2, -0.15) is 0 Å². The highest BCUT2D eigenvalue weighted by Crippen LogP contribution is 2.35. The second kappa shape index (κ2) is 6.36. The van der Waals surface area contributed by atoms with Gasteiger partial charge in [0.05, 0.1) is 26.4 Å². The highest BCUT2D eigenvalue weighted by molar-refractivity contribution is 5.47. The third-order valence-electron chi connectivity index (χ3n) is 2.36. The Balaban J connectivity index is 3.13. The summed E-state index contributed by atoms with van der Waals surface area (Å²) in [6.45, 7) is 0.271. The quantitative estimate of drug-likeness (QED) is 0.782. The third-order valence-corrected chi connectivity index (χ3v) is 2.36. The van der Waals surface area contributed by atoms with Crippen LogP contribution in [0.3, 0.4) is 0 Å². The number of benzene rings is 1. The van der Waals surface area contributed by atoms with E-state index < -0.39 is 6.43 Å². The van der Waals surface area contributed by atoms with Gasteiger partial charge in [-0.25, -0.2) is 14.7 Å². The van der Waals surface area contributed by atoms with Crippen LogP contribution in [0, 0.1) is 0 Å². The predicted octanol–water partition coefficient (Wildman–Crippen LogP) is 2.07. The molecule has 0 atom stereocenters.